The van der Waals surface area contributed by atoms with E-state index in [0.717, 1.165) is 11.8 Å². The Balaban J connectivity index is 1.86. The van der Waals surface area contributed by atoms with Gasteiger partial charge in [-0.3, -0.25) is 4.90 Å². The number of rotatable bonds is 4. The van der Waals surface area contributed by atoms with Gasteiger partial charge in [-0.1, -0.05) is 18.9 Å². The summed E-state index contributed by atoms with van der Waals surface area (Å²) in [5, 5.41) is 3.57. The lowest BCUT2D eigenvalue weighted by molar-refractivity contribution is 0.127. The molecule has 3 nitrogen and oxygen atoms in total. The largest absolute Gasteiger partial charge is 0.497 e. The Morgan fingerprint density at radius 2 is 1.95 bits per heavy atom. The van der Waals surface area contributed by atoms with Crippen molar-refractivity contribution in [2.45, 2.75) is 56.7 Å². The van der Waals surface area contributed by atoms with Crippen LogP contribution in [0.25, 0.3) is 0 Å². The summed E-state index contributed by atoms with van der Waals surface area (Å²) >= 11 is 0. The third kappa shape index (κ3) is 2.82. The summed E-state index contributed by atoms with van der Waals surface area (Å²) in [5.74, 6) is 0.971. The van der Waals surface area contributed by atoms with Crippen molar-refractivity contribution in [1.29, 1.82) is 0 Å². The van der Waals surface area contributed by atoms with Crippen molar-refractivity contribution in [3.8, 4) is 5.75 Å². The van der Waals surface area contributed by atoms with Gasteiger partial charge in [0.05, 0.1) is 7.11 Å². The topological polar surface area (TPSA) is 24.5 Å². The predicted octanol–water partition coefficient (Wildman–Crippen LogP) is 3.14. The fourth-order valence-corrected chi connectivity index (χ4v) is 4.26. The highest BCUT2D eigenvalue weighted by molar-refractivity contribution is 5.40. The molecule has 2 aliphatic carbocycles. The molecule has 2 atom stereocenters. The molecule has 1 N–H and O–H groups in total. The minimum absolute atomic E-state index is 0.412. The van der Waals surface area contributed by atoms with E-state index in [4.69, 9.17) is 4.74 Å². The Morgan fingerprint density at radius 3 is 2.62 bits per heavy atom. The second kappa shape index (κ2) is 6.37. The zero-order valence-corrected chi connectivity index (χ0v) is 13.6. The zero-order chi connectivity index (χ0) is 14.8. The normalized spacial score (nSPS) is 26.1. The standard InChI is InChI=1S/C18H28N2O/c1-19-18-16-12-15(21-3)10-8-13(16)9-11-17(18)20(2)14-6-4-5-7-14/h8,10,12,14,17-19H,4-7,9,11H2,1-3H3. The van der Waals surface area contributed by atoms with Crippen molar-refractivity contribution < 1.29 is 4.74 Å². The highest BCUT2D eigenvalue weighted by Gasteiger charge is 2.34. The van der Waals surface area contributed by atoms with E-state index in [9.17, 15) is 0 Å². The Morgan fingerprint density at radius 1 is 1.19 bits per heavy atom. The van der Waals surface area contributed by atoms with Gasteiger partial charge in [-0.05, 0) is 63.0 Å². The van der Waals surface area contributed by atoms with Gasteiger partial charge in [0.2, 0.25) is 0 Å². The monoisotopic (exact) mass is 288 g/mol. The molecule has 0 radical (unpaired) electrons. The van der Waals surface area contributed by atoms with Crippen LogP contribution in [-0.2, 0) is 6.42 Å². The summed E-state index contributed by atoms with van der Waals surface area (Å²) < 4.78 is 5.43. The molecule has 116 valence electrons. The lowest BCUT2D eigenvalue weighted by Gasteiger charge is -2.42. The first-order chi connectivity index (χ1) is 10.2. The number of benzene rings is 1. The Labute approximate surface area is 128 Å². The van der Waals surface area contributed by atoms with Crippen LogP contribution in [0, 0.1) is 0 Å². The Bertz CT molecular complexity index is 482. The van der Waals surface area contributed by atoms with Crippen LogP contribution in [0.15, 0.2) is 18.2 Å². The second-order valence-corrected chi connectivity index (χ2v) is 6.54. The minimum Gasteiger partial charge on any atom is -0.497 e. The van der Waals surface area contributed by atoms with Crippen LogP contribution in [0.5, 0.6) is 5.75 Å². The average molecular weight is 288 g/mol. The van der Waals surface area contributed by atoms with Gasteiger partial charge in [-0.25, -0.2) is 0 Å². The molecule has 1 saturated carbocycles. The molecule has 0 aromatic heterocycles. The molecule has 0 saturated heterocycles. The van der Waals surface area contributed by atoms with Gasteiger partial charge < -0.3 is 10.1 Å². The van der Waals surface area contributed by atoms with Crippen LogP contribution >= 0.6 is 0 Å². The molecule has 0 amide bonds. The molecule has 21 heavy (non-hydrogen) atoms. The van der Waals surface area contributed by atoms with Crippen LogP contribution in [0.1, 0.15) is 49.3 Å². The van der Waals surface area contributed by atoms with Crippen LogP contribution in [0.4, 0.5) is 0 Å². The number of ether oxygens (including phenoxy) is 1. The number of hydrogen-bond acceptors (Lipinski definition) is 3. The number of nitrogens with zero attached hydrogens (tertiary/aromatic N) is 1. The van der Waals surface area contributed by atoms with E-state index in [1.807, 2.05) is 0 Å². The molecule has 2 unspecified atom stereocenters. The molecule has 0 aliphatic heterocycles. The maximum absolute atomic E-state index is 5.43. The average Bonchev–Trinajstić information content (AvgIpc) is 3.06. The summed E-state index contributed by atoms with van der Waals surface area (Å²) in [6.45, 7) is 0. The van der Waals surface area contributed by atoms with E-state index in [1.165, 1.54) is 49.7 Å². The molecular weight excluding hydrogens is 260 g/mol. The first kappa shape index (κ1) is 14.9. The lowest BCUT2D eigenvalue weighted by atomic mass is 9.82. The van der Waals surface area contributed by atoms with Gasteiger partial charge >= 0.3 is 0 Å². The molecular formula is C18H28N2O. The molecule has 3 heteroatoms. The first-order valence-corrected chi connectivity index (χ1v) is 8.30. The quantitative estimate of drug-likeness (QED) is 0.921. The van der Waals surface area contributed by atoms with Gasteiger partial charge in [0.15, 0.2) is 0 Å². The molecule has 1 fully saturated rings. The number of methoxy groups -OCH3 is 1. The maximum Gasteiger partial charge on any atom is 0.119 e. The van der Waals surface area contributed by atoms with Gasteiger partial charge in [-0.2, -0.15) is 0 Å². The first-order valence-electron chi connectivity index (χ1n) is 8.30. The second-order valence-electron chi connectivity index (χ2n) is 6.54. The summed E-state index contributed by atoms with van der Waals surface area (Å²) in [6, 6.07) is 8.34. The van der Waals surface area contributed by atoms with Crippen LogP contribution < -0.4 is 10.1 Å². The van der Waals surface area contributed by atoms with Crippen molar-refractivity contribution in [2.75, 3.05) is 21.2 Å². The highest BCUT2D eigenvalue weighted by atomic mass is 16.5. The molecule has 1 aromatic rings. The van der Waals surface area contributed by atoms with Crippen molar-refractivity contribution in [1.82, 2.24) is 10.2 Å². The van der Waals surface area contributed by atoms with Crippen LogP contribution in [-0.4, -0.2) is 38.2 Å². The van der Waals surface area contributed by atoms with E-state index < -0.39 is 0 Å². The van der Waals surface area contributed by atoms with Crippen molar-refractivity contribution in [2.24, 2.45) is 0 Å². The number of fused-ring (bicyclic) bond motifs is 1. The predicted molar refractivity (Wildman–Crippen MR) is 86.9 cm³/mol. The molecule has 2 aliphatic rings. The lowest BCUT2D eigenvalue weighted by Crippen LogP contribution is -2.48. The van der Waals surface area contributed by atoms with Crippen molar-refractivity contribution in [3.05, 3.63) is 29.3 Å². The Kier molecular flexibility index (Phi) is 4.51. The fourth-order valence-electron chi connectivity index (χ4n) is 4.26. The van der Waals surface area contributed by atoms with E-state index in [2.05, 4.69) is 42.5 Å². The molecule has 3 rings (SSSR count). The summed E-state index contributed by atoms with van der Waals surface area (Å²) in [5.41, 5.74) is 2.91. The number of nitrogens with one attached hydrogen (secondary N) is 1. The summed E-state index contributed by atoms with van der Waals surface area (Å²) in [4.78, 5) is 2.65. The van der Waals surface area contributed by atoms with E-state index >= 15 is 0 Å². The summed E-state index contributed by atoms with van der Waals surface area (Å²) in [7, 11) is 6.17. The number of likely N-dealkylation sites (N-methyl/N-ethyl adjacent to an activating group) is 2. The van der Waals surface area contributed by atoms with Gasteiger partial charge in [0.1, 0.15) is 5.75 Å². The van der Waals surface area contributed by atoms with Crippen molar-refractivity contribution in [3.63, 3.8) is 0 Å². The van der Waals surface area contributed by atoms with E-state index in [-0.39, 0.29) is 0 Å². The minimum atomic E-state index is 0.412. The smallest absolute Gasteiger partial charge is 0.119 e. The molecule has 0 heterocycles. The highest BCUT2D eigenvalue weighted by Crippen LogP contribution is 2.37. The molecule has 0 bridgehead atoms. The third-order valence-electron chi connectivity index (χ3n) is 5.52. The third-order valence-corrected chi connectivity index (χ3v) is 5.52. The van der Waals surface area contributed by atoms with Crippen molar-refractivity contribution >= 4 is 0 Å². The van der Waals surface area contributed by atoms with E-state index in [1.54, 1.807) is 7.11 Å². The SMILES string of the molecule is CNC1c2cc(OC)ccc2CCC1N(C)C1CCCC1. The molecule has 0 spiro atoms. The summed E-state index contributed by atoms with van der Waals surface area (Å²) in [6.07, 6.45) is 7.96. The van der Waals surface area contributed by atoms with Gasteiger partial charge in [0, 0.05) is 18.1 Å². The molecule has 1 aromatic carbocycles. The van der Waals surface area contributed by atoms with Crippen LogP contribution in [0.2, 0.25) is 0 Å². The van der Waals surface area contributed by atoms with Gasteiger partial charge in [0.25, 0.3) is 0 Å². The Hall–Kier alpha value is -1.06. The number of aryl methyl sites for hydroxylation is 1. The van der Waals surface area contributed by atoms with E-state index in [0.29, 0.717) is 12.1 Å². The maximum atomic E-state index is 5.43. The van der Waals surface area contributed by atoms with Crippen LogP contribution in [0.3, 0.4) is 0 Å². The van der Waals surface area contributed by atoms with Gasteiger partial charge in [-0.15, -0.1) is 0 Å². The fraction of sp³-hybridized carbons (Fsp3) is 0.667. The number of hydrogen-bond donors (Lipinski definition) is 1. The zero-order valence-electron chi connectivity index (χ0n) is 13.6.